The first-order valence-electron chi connectivity index (χ1n) is 10.4. The summed E-state index contributed by atoms with van der Waals surface area (Å²) in [5.41, 5.74) is 4.40. The molecule has 6 heteroatoms. The molecule has 2 aliphatic heterocycles. The molecule has 1 fully saturated rings. The fourth-order valence-corrected chi connectivity index (χ4v) is 4.26. The predicted octanol–water partition coefficient (Wildman–Crippen LogP) is 4.13. The number of hydrogen-bond acceptors (Lipinski definition) is 5. The lowest BCUT2D eigenvalue weighted by Gasteiger charge is -2.21. The Morgan fingerprint density at radius 2 is 2.07 bits per heavy atom. The quantitative estimate of drug-likeness (QED) is 0.686. The highest BCUT2D eigenvalue weighted by Gasteiger charge is 2.23. The van der Waals surface area contributed by atoms with Gasteiger partial charge in [-0.1, -0.05) is 13.0 Å². The largest absolute Gasteiger partial charge is 0.478 e. The SMILES string of the molecule is CCC1CCC(CCOc2ccc3c(n2)OCc2cc(-n4ccnc4)ccc2-3)N1. The summed E-state index contributed by atoms with van der Waals surface area (Å²) < 4.78 is 13.9. The zero-order valence-corrected chi connectivity index (χ0v) is 16.7. The second-order valence-corrected chi connectivity index (χ2v) is 7.79. The number of hydrogen-bond donors (Lipinski definition) is 1. The van der Waals surface area contributed by atoms with Crippen LogP contribution in [0.15, 0.2) is 49.1 Å². The molecule has 2 aromatic heterocycles. The number of nitrogens with zero attached hydrogens (tertiary/aromatic N) is 3. The molecule has 2 aliphatic rings. The van der Waals surface area contributed by atoms with Gasteiger partial charge in [-0.2, -0.15) is 4.98 Å². The Morgan fingerprint density at radius 3 is 2.90 bits per heavy atom. The Hall–Kier alpha value is -2.86. The number of ether oxygens (including phenoxy) is 2. The first-order chi connectivity index (χ1) is 14.3. The molecule has 0 bridgehead atoms. The summed E-state index contributed by atoms with van der Waals surface area (Å²) in [7, 11) is 0. The highest BCUT2D eigenvalue weighted by Crippen LogP contribution is 2.38. The summed E-state index contributed by atoms with van der Waals surface area (Å²) in [6.07, 6.45) is 10.2. The summed E-state index contributed by atoms with van der Waals surface area (Å²) in [6.45, 7) is 3.42. The number of benzene rings is 1. The molecule has 4 heterocycles. The van der Waals surface area contributed by atoms with E-state index >= 15 is 0 Å². The number of nitrogens with one attached hydrogen (secondary N) is 1. The van der Waals surface area contributed by atoms with Gasteiger partial charge in [0.1, 0.15) is 6.61 Å². The summed E-state index contributed by atoms with van der Waals surface area (Å²) in [6, 6.07) is 11.6. The van der Waals surface area contributed by atoms with Gasteiger partial charge in [0.25, 0.3) is 0 Å². The summed E-state index contributed by atoms with van der Waals surface area (Å²) in [5.74, 6) is 1.28. The second-order valence-electron chi connectivity index (χ2n) is 7.79. The van der Waals surface area contributed by atoms with Crippen molar-refractivity contribution in [1.82, 2.24) is 19.9 Å². The van der Waals surface area contributed by atoms with Crippen molar-refractivity contribution in [2.75, 3.05) is 6.61 Å². The minimum Gasteiger partial charge on any atom is -0.478 e. The van der Waals surface area contributed by atoms with Gasteiger partial charge >= 0.3 is 0 Å². The van der Waals surface area contributed by atoms with Crippen LogP contribution in [0.5, 0.6) is 11.8 Å². The maximum Gasteiger partial charge on any atom is 0.225 e. The maximum absolute atomic E-state index is 5.94. The van der Waals surface area contributed by atoms with Gasteiger partial charge in [-0.25, -0.2) is 4.98 Å². The van der Waals surface area contributed by atoms with Gasteiger partial charge in [-0.15, -0.1) is 0 Å². The molecule has 0 spiro atoms. The fourth-order valence-electron chi connectivity index (χ4n) is 4.26. The minimum absolute atomic E-state index is 0.506. The molecule has 3 aromatic rings. The van der Waals surface area contributed by atoms with Crippen LogP contribution in [0.4, 0.5) is 0 Å². The third-order valence-electron chi connectivity index (χ3n) is 5.92. The van der Waals surface area contributed by atoms with Gasteiger partial charge < -0.3 is 19.4 Å². The zero-order chi connectivity index (χ0) is 19.6. The smallest absolute Gasteiger partial charge is 0.225 e. The number of rotatable bonds is 6. The van der Waals surface area contributed by atoms with Crippen LogP contribution in [-0.2, 0) is 6.61 Å². The van der Waals surface area contributed by atoms with Crippen molar-refractivity contribution in [2.45, 2.75) is 51.3 Å². The minimum atomic E-state index is 0.506. The standard InChI is InChI=1S/C23H26N4O2/c1-2-17-3-4-18(25-17)9-12-28-22-8-7-21-20-6-5-19(27-11-10-24-15-27)13-16(20)14-29-23(21)26-22/h5-8,10-11,13,15,17-18,25H,2-4,9,12,14H2,1H3. The average molecular weight is 390 g/mol. The molecule has 1 N–H and O–H groups in total. The molecule has 0 amide bonds. The first kappa shape index (κ1) is 18.2. The molecule has 0 saturated carbocycles. The highest BCUT2D eigenvalue weighted by molar-refractivity contribution is 5.74. The molecule has 1 saturated heterocycles. The van der Waals surface area contributed by atoms with Gasteiger partial charge in [0.15, 0.2) is 0 Å². The van der Waals surface area contributed by atoms with E-state index in [0.29, 0.717) is 37.1 Å². The van der Waals surface area contributed by atoms with E-state index in [2.05, 4.69) is 40.4 Å². The molecule has 29 heavy (non-hydrogen) atoms. The van der Waals surface area contributed by atoms with E-state index in [0.717, 1.165) is 28.8 Å². The van der Waals surface area contributed by atoms with Crippen molar-refractivity contribution < 1.29 is 9.47 Å². The number of imidazole rings is 1. The lowest BCUT2D eigenvalue weighted by atomic mass is 9.98. The Morgan fingerprint density at radius 1 is 1.17 bits per heavy atom. The van der Waals surface area contributed by atoms with Crippen LogP contribution in [0, 0.1) is 0 Å². The Kier molecular flexibility index (Phi) is 4.94. The van der Waals surface area contributed by atoms with Crippen LogP contribution in [0.1, 0.15) is 38.2 Å². The van der Waals surface area contributed by atoms with Crippen molar-refractivity contribution in [3.8, 4) is 28.6 Å². The van der Waals surface area contributed by atoms with Crippen molar-refractivity contribution in [1.29, 1.82) is 0 Å². The third-order valence-corrected chi connectivity index (χ3v) is 5.92. The van der Waals surface area contributed by atoms with Crippen molar-refractivity contribution in [3.63, 3.8) is 0 Å². The van der Waals surface area contributed by atoms with Crippen molar-refractivity contribution in [3.05, 3.63) is 54.6 Å². The molecule has 1 aromatic carbocycles. The molecule has 2 atom stereocenters. The van der Waals surface area contributed by atoms with E-state index in [4.69, 9.17) is 9.47 Å². The van der Waals surface area contributed by atoms with Crippen LogP contribution >= 0.6 is 0 Å². The monoisotopic (exact) mass is 390 g/mol. The van der Waals surface area contributed by atoms with Gasteiger partial charge in [0, 0.05) is 41.8 Å². The van der Waals surface area contributed by atoms with E-state index in [1.165, 1.54) is 19.3 Å². The summed E-state index contributed by atoms with van der Waals surface area (Å²) in [5, 5.41) is 3.67. The third kappa shape index (κ3) is 3.72. The molecule has 2 unspecified atom stereocenters. The van der Waals surface area contributed by atoms with Crippen LogP contribution in [0.25, 0.3) is 16.8 Å². The molecule has 6 nitrogen and oxygen atoms in total. The topological polar surface area (TPSA) is 61.2 Å². The van der Waals surface area contributed by atoms with Crippen LogP contribution < -0.4 is 14.8 Å². The molecule has 5 rings (SSSR count). The molecule has 150 valence electrons. The predicted molar refractivity (Wildman–Crippen MR) is 111 cm³/mol. The maximum atomic E-state index is 5.94. The highest BCUT2D eigenvalue weighted by atomic mass is 16.5. The van der Waals surface area contributed by atoms with Crippen molar-refractivity contribution >= 4 is 0 Å². The van der Waals surface area contributed by atoms with E-state index in [-0.39, 0.29) is 0 Å². The van der Waals surface area contributed by atoms with Crippen molar-refractivity contribution in [2.24, 2.45) is 0 Å². The molecule has 0 aliphatic carbocycles. The lowest BCUT2D eigenvalue weighted by molar-refractivity contribution is 0.260. The van der Waals surface area contributed by atoms with Crippen LogP contribution in [0.2, 0.25) is 0 Å². The molecular weight excluding hydrogens is 364 g/mol. The molecular formula is C23H26N4O2. The lowest BCUT2D eigenvalue weighted by Crippen LogP contribution is -2.30. The van der Waals surface area contributed by atoms with E-state index in [9.17, 15) is 0 Å². The Bertz CT molecular complexity index is 987. The van der Waals surface area contributed by atoms with Crippen LogP contribution in [-0.4, -0.2) is 33.2 Å². The second kappa shape index (κ2) is 7.87. The zero-order valence-electron chi connectivity index (χ0n) is 16.7. The Balaban J connectivity index is 1.27. The van der Waals surface area contributed by atoms with Gasteiger partial charge in [0.05, 0.1) is 12.9 Å². The summed E-state index contributed by atoms with van der Waals surface area (Å²) in [4.78, 5) is 8.72. The van der Waals surface area contributed by atoms with E-state index in [1.54, 1.807) is 12.5 Å². The average Bonchev–Trinajstić information content (AvgIpc) is 3.45. The van der Waals surface area contributed by atoms with E-state index in [1.807, 2.05) is 22.9 Å². The summed E-state index contributed by atoms with van der Waals surface area (Å²) >= 11 is 0. The molecule has 0 radical (unpaired) electrons. The number of fused-ring (bicyclic) bond motifs is 3. The fraction of sp³-hybridized carbons (Fsp3) is 0.391. The number of aromatic nitrogens is 3. The van der Waals surface area contributed by atoms with Crippen LogP contribution in [0.3, 0.4) is 0 Å². The van der Waals surface area contributed by atoms with Gasteiger partial charge in [-0.05, 0) is 55.0 Å². The number of pyridine rings is 1. The van der Waals surface area contributed by atoms with Gasteiger partial charge in [-0.3, -0.25) is 0 Å². The van der Waals surface area contributed by atoms with Gasteiger partial charge in [0.2, 0.25) is 11.8 Å². The van der Waals surface area contributed by atoms with E-state index < -0.39 is 0 Å². The first-order valence-corrected chi connectivity index (χ1v) is 10.4. The Labute approximate surface area is 170 Å². The normalized spacial score (nSPS) is 20.0.